The van der Waals surface area contributed by atoms with Crippen molar-refractivity contribution in [3.05, 3.63) is 23.8 Å². The van der Waals surface area contributed by atoms with Gasteiger partial charge in [0.15, 0.2) is 0 Å². The molecule has 3 amide bonds. The van der Waals surface area contributed by atoms with Crippen LogP contribution < -0.4 is 16.2 Å². The molecular weight excluding hydrogens is 470 g/mol. The lowest BCUT2D eigenvalue weighted by Crippen LogP contribution is -2.47. The van der Waals surface area contributed by atoms with Crippen LogP contribution in [0.3, 0.4) is 0 Å². The molecule has 1 aromatic carbocycles. The molecular formula is C23H30B2N2O9. The van der Waals surface area contributed by atoms with Crippen molar-refractivity contribution < 1.29 is 42.6 Å². The van der Waals surface area contributed by atoms with Gasteiger partial charge in [-0.15, -0.1) is 5.06 Å². The molecule has 1 N–H and O–H groups in total. The predicted octanol–water partition coefficient (Wildman–Crippen LogP) is -0.152. The van der Waals surface area contributed by atoms with E-state index in [4.69, 9.17) is 23.5 Å². The fourth-order valence-corrected chi connectivity index (χ4v) is 4.12. The van der Waals surface area contributed by atoms with Gasteiger partial charge in [0.05, 0.1) is 0 Å². The van der Waals surface area contributed by atoms with Crippen molar-refractivity contribution >= 4 is 48.9 Å². The summed E-state index contributed by atoms with van der Waals surface area (Å²) in [5.41, 5.74) is 1.94. The van der Waals surface area contributed by atoms with Crippen LogP contribution in [0, 0.1) is 0 Å². The van der Waals surface area contributed by atoms with E-state index in [1.54, 1.807) is 12.1 Å². The Labute approximate surface area is 210 Å². The second kappa shape index (κ2) is 13.0. The number of carbonyl (C=O) groups is 4. The van der Waals surface area contributed by atoms with Gasteiger partial charge in [-0.1, -0.05) is 12.5 Å². The first-order valence-corrected chi connectivity index (χ1v) is 12.5. The van der Waals surface area contributed by atoms with Crippen molar-refractivity contribution in [2.75, 3.05) is 33.0 Å². The fraction of sp³-hybridized carbons (Fsp3) is 0.565. The van der Waals surface area contributed by atoms with Gasteiger partial charge in [-0.05, 0) is 48.7 Å². The monoisotopic (exact) mass is 500 g/mol. The molecule has 3 saturated heterocycles. The minimum absolute atomic E-state index is 0.0671. The topological polar surface area (TPSA) is 130 Å². The number of rotatable bonds is 10. The quantitative estimate of drug-likeness (QED) is 0.265. The number of carbonyl (C=O) groups excluding carboxylic acids is 4. The van der Waals surface area contributed by atoms with Crippen LogP contribution in [0.2, 0.25) is 0 Å². The number of nitrogens with one attached hydrogen (secondary N) is 1. The van der Waals surface area contributed by atoms with Crippen molar-refractivity contribution in [3.63, 3.8) is 0 Å². The molecule has 13 heteroatoms. The zero-order chi connectivity index (χ0) is 25.3. The van der Waals surface area contributed by atoms with Crippen LogP contribution >= 0.6 is 0 Å². The molecule has 0 bridgehead atoms. The SMILES string of the molecule is O=C(CCCCCNC(=O)c1cc(B2OCCCO2)cc(B2OCCCO2)c1)ON1C(=O)CCC1=O. The minimum atomic E-state index is -0.619. The third-order valence-electron chi connectivity index (χ3n) is 5.98. The van der Waals surface area contributed by atoms with Crippen LogP contribution in [0.4, 0.5) is 0 Å². The first kappa shape index (κ1) is 26.3. The van der Waals surface area contributed by atoms with Gasteiger partial charge in [0, 0.05) is 57.8 Å². The summed E-state index contributed by atoms with van der Waals surface area (Å²) >= 11 is 0. The van der Waals surface area contributed by atoms with Gasteiger partial charge in [0.2, 0.25) is 0 Å². The van der Waals surface area contributed by atoms with Crippen molar-refractivity contribution in [2.24, 2.45) is 0 Å². The molecule has 3 fully saturated rings. The normalized spacial score (nSPS) is 18.5. The van der Waals surface area contributed by atoms with Crippen LogP contribution in [-0.2, 0) is 37.8 Å². The Bertz CT molecular complexity index is 913. The fourth-order valence-electron chi connectivity index (χ4n) is 4.12. The Hall–Kier alpha value is -2.73. The Morgan fingerprint density at radius 1 is 0.833 bits per heavy atom. The molecule has 3 aliphatic rings. The van der Waals surface area contributed by atoms with Crippen LogP contribution in [-0.4, -0.2) is 76.0 Å². The van der Waals surface area contributed by atoms with Crippen molar-refractivity contribution in [1.82, 2.24) is 10.4 Å². The molecule has 3 heterocycles. The summed E-state index contributed by atoms with van der Waals surface area (Å²) in [5.74, 6) is -1.85. The molecule has 0 aliphatic carbocycles. The zero-order valence-corrected chi connectivity index (χ0v) is 20.2. The molecule has 3 aliphatic heterocycles. The molecule has 0 saturated carbocycles. The number of hydrogen-bond acceptors (Lipinski definition) is 9. The van der Waals surface area contributed by atoms with Crippen LogP contribution in [0.15, 0.2) is 18.2 Å². The van der Waals surface area contributed by atoms with E-state index in [0.29, 0.717) is 62.9 Å². The maximum Gasteiger partial charge on any atom is 0.493 e. The average Bonchev–Trinajstić information content (AvgIpc) is 3.23. The average molecular weight is 500 g/mol. The molecule has 0 unspecified atom stereocenters. The number of imide groups is 1. The van der Waals surface area contributed by atoms with Crippen LogP contribution in [0.1, 0.15) is 61.7 Å². The lowest BCUT2D eigenvalue weighted by Gasteiger charge is -2.23. The van der Waals surface area contributed by atoms with E-state index in [-0.39, 0.29) is 25.2 Å². The first-order valence-electron chi connectivity index (χ1n) is 12.5. The number of benzene rings is 1. The molecule has 36 heavy (non-hydrogen) atoms. The Balaban J connectivity index is 1.25. The summed E-state index contributed by atoms with van der Waals surface area (Å²) in [6.45, 7) is 2.77. The summed E-state index contributed by atoms with van der Waals surface area (Å²) in [6, 6.07) is 5.41. The predicted molar refractivity (Wildman–Crippen MR) is 128 cm³/mol. The van der Waals surface area contributed by atoms with Crippen molar-refractivity contribution in [1.29, 1.82) is 0 Å². The molecule has 1 aromatic rings. The van der Waals surface area contributed by atoms with E-state index >= 15 is 0 Å². The van der Waals surface area contributed by atoms with E-state index < -0.39 is 32.0 Å². The number of hydrogen-bond donors (Lipinski definition) is 1. The van der Waals surface area contributed by atoms with E-state index in [2.05, 4.69) is 5.32 Å². The highest BCUT2D eigenvalue weighted by molar-refractivity contribution is 6.65. The zero-order valence-electron chi connectivity index (χ0n) is 20.2. The van der Waals surface area contributed by atoms with E-state index in [0.717, 1.165) is 23.8 Å². The molecule has 11 nitrogen and oxygen atoms in total. The maximum atomic E-state index is 12.9. The second-order valence-corrected chi connectivity index (χ2v) is 8.85. The summed E-state index contributed by atoms with van der Waals surface area (Å²) in [4.78, 5) is 52.6. The van der Waals surface area contributed by atoms with Crippen molar-refractivity contribution in [3.8, 4) is 0 Å². The summed E-state index contributed by atoms with van der Waals surface area (Å²) in [7, 11) is -1.08. The minimum Gasteiger partial charge on any atom is -0.407 e. The van der Waals surface area contributed by atoms with Crippen LogP contribution in [0.25, 0.3) is 0 Å². The highest BCUT2D eigenvalue weighted by Gasteiger charge is 2.33. The summed E-state index contributed by atoms with van der Waals surface area (Å²) < 4.78 is 22.9. The smallest absolute Gasteiger partial charge is 0.407 e. The van der Waals surface area contributed by atoms with Gasteiger partial charge in [-0.2, -0.15) is 0 Å². The first-order chi connectivity index (χ1) is 17.5. The Morgan fingerprint density at radius 2 is 1.39 bits per heavy atom. The lowest BCUT2D eigenvalue weighted by atomic mass is 9.70. The highest BCUT2D eigenvalue weighted by Crippen LogP contribution is 2.13. The number of hydroxylamine groups is 2. The van der Waals surface area contributed by atoms with E-state index in [1.807, 2.05) is 6.07 Å². The molecule has 0 spiro atoms. The Morgan fingerprint density at radius 3 is 1.94 bits per heavy atom. The Kier molecular flexibility index (Phi) is 9.51. The second-order valence-electron chi connectivity index (χ2n) is 8.85. The number of unbranched alkanes of at least 4 members (excludes halogenated alkanes) is 2. The molecule has 0 aromatic heterocycles. The van der Waals surface area contributed by atoms with E-state index in [1.165, 1.54) is 0 Å². The molecule has 192 valence electrons. The number of amides is 3. The van der Waals surface area contributed by atoms with Gasteiger partial charge in [-0.25, -0.2) is 4.79 Å². The van der Waals surface area contributed by atoms with Gasteiger partial charge >= 0.3 is 20.2 Å². The summed E-state index contributed by atoms with van der Waals surface area (Å²) in [6.07, 6.45) is 3.69. The van der Waals surface area contributed by atoms with Crippen LogP contribution in [0.5, 0.6) is 0 Å². The molecule has 0 atom stereocenters. The summed E-state index contributed by atoms with van der Waals surface area (Å²) in [5, 5.41) is 3.46. The molecule has 0 radical (unpaired) electrons. The lowest BCUT2D eigenvalue weighted by molar-refractivity contribution is -0.197. The van der Waals surface area contributed by atoms with Crippen molar-refractivity contribution in [2.45, 2.75) is 51.4 Å². The third kappa shape index (κ3) is 7.16. The van der Waals surface area contributed by atoms with Gasteiger partial charge in [0.1, 0.15) is 0 Å². The maximum absolute atomic E-state index is 12.9. The number of nitrogens with zero attached hydrogens (tertiary/aromatic N) is 1. The molecule has 4 rings (SSSR count). The van der Waals surface area contributed by atoms with Gasteiger partial charge in [-0.3, -0.25) is 14.4 Å². The largest absolute Gasteiger partial charge is 0.493 e. The standard InChI is InChI=1S/C23H30B2N2O9/c28-20-7-8-21(29)27(20)36-22(30)6-2-1-3-9-26-23(31)17-14-18(24-32-10-4-11-33-24)16-19(15-17)25-34-12-5-13-35-25/h14-16H,1-13H2,(H,26,31). The highest BCUT2D eigenvalue weighted by atomic mass is 16.7. The van der Waals surface area contributed by atoms with Gasteiger partial charge in [0.25, 0.3) is 17.7 Å². The third-order valence-corrected chi connectivity index (χ3v) is 5.98. The van der Waals surface area contributed by atoms with E-state index in [9.17, 15) is 19.2 Å². The van der Waals surface area contributed by atoms with Gasteiger partial charge < -0.3 is 28.8 Å².